The van der Waals surface area contributed by atoms with E-state index in [1.807, 2.05) is 36.4 Å². The van der Waals surface area contributed by atoms with Gasteiger partial charge in [0.2, 0.25) is 0 Å². The van der Waals surface area contributed by atoms with Crippen LogP contribution in [-0.4, -0.2) is 7.11 Å². The first-order chi connectivity index (χ1) is 13.0. The third kappa shape index (κ3) is 5.31. The fraction of sp³-hybridized carbons (Fsp3) is 0.182. The van der Waals surface area contributed by atoms with Crippen LogP contribution in [0.15, 0.2) is 60.7 Å². The van der Waals surface area contributed by atoms with Crippen LogP contribution in [-0.2, 0) is 13.2 Å². The summed E-state index contributed by atoms with van der Waals surface area (Å²) in [6, 6.07) is 19.6. The lowest BCUT2D eigenvalue weighted by Crippen LogP contribution is -2.02. The molecular formula is C22H21Cl2NO2. The summed E-state index contributed by atoms with van der Waals surface area (Å²) >= 11 is 12.4. The van der Waals surface area contributed by atoms with Gasteiger partial charge in [-0.1, -0.05) is 53.0 Å². The minimum atomic E-state index is 0.383. The lowest BCUT2D eigenvalue weighted by molar-refractivity contribution is 0.284. The number of benzene rings is 3. The molecule has 0 fully saturated rings. The minimum Gasteiger partial charge on any atom is -0.493 e. The van der Waals surface area contributed by atoms with E-state index in [-0.39, 0.29) is 0 Å². The summed E-state index contributed by atoms with van der Waals surface area (Å²) in [4.78, 5) is 0. The molecule has 0 spiro atoms. The van der Waals surface area contributed by atoms with E-state index in [1.165, 1.54) is 5.56 Å². The van der Waals surface area contributed by atoms with Crippen LogP contribution in [0.1, 0.15) is 16.7 Å². The van der Waals surface area contributed by atoms with Crippen LogP contribution >= 0.6 is 23.2 Å². The molecule has 3 nitrogen and oxygen atoms in total. The average Bonchev–Trinajstić information content (AvgIpc) is 2.67. The largest absolute Gasteiger partial charge is 0.493 e. The van der Waals surface area contributed by atoms with Crippen molar-refractivity contribution in [2.45, 2.75) is 20.1 Å². The first-order valence-corrected chi connectivity index (χ1v) is 9.35. The fourth-order valence-electron chi connectivity index (χ4n) is 2.63. The van der Waals surface area contributed by atoms with Crippen molar-refractivity contribution in [1.29, 1.82) is 0 Å². The van der Waals surface area contributed by atoms with Crippen molar-refractivity contribution in [2.24, 2.45) is 0 Å². The van der Waals surface area contributed by atoms with Crippen molar-refractivity contribution in [3.63, 3.8) is 0 Å². The maximum absolute atomic E-state index is 6.45. The first kappa shape index (κ1) is 19.4. The zero-order valence-corrected chi connectivity index (χ0v) is 16.8. The Balaban J connectivity index is 1.70. The molecule has 3 aromatic rings. The smallest absolute Gasteiger partial charge is 0.180 e. The predicted octanol–water partition coefficient (Wildman–Crippen LogP) is 6.50. The summed E-state index contributed by atoms with van der Waals surface area (Å²) in [5.74, 6) is 1.14. The van der Waals surface area contributed by atoms with Gasteiger partial charge in [-0.05, 0) is 54.4 Å². The molecule has 0 atom stereocenters. The van der Waals surface area contributed by atoms with Gasteiger partial charge < -0.3 is 14.8 Å². The standard InChI is InChI=1S/C22H21Cl2NO2/c1-15-3-9-19(10-4-15)25-13-17-11-20(24)22(21(12-17)26-2)27-14-16-5-7-18(23)8-6-16/h3-12,25H,13-14H2,1-2H3. The number of methoxy groups -OCH3 is 1. The van der Waals surface area contributed by atoms with E-state index in [4.69, 9.17) is 32.7 Å². The SMILES string of the molecule is COc1cc(CNc2ccc(C)cc2)cc(Cl)c1OCc1ccc(Cl)cc1. The third-order valence-electron chi connectivity index (χ3n) is 4.13. The molecule has 0 saturated carbocycles. The number of aryl methyl sites for hydroxylation is 1. The molecule has 0 aromatic heterocycles. The minimum absolute atomic E-state index is 0.383. The molecule has 0 aliphatic carbocycles. The van der Waals surface area contributed by atoms with Gasteiger partial charge in [-0.3, -0.25) is 0 Å². The Labute approximate surface area is 169 Å². The van der Waals surface area contributed by atoms with Gasteiger partial charge in [0.05, 0.1) is 12.1 Å². The van der Waals surface area contributed by atoms with Crippen molar-refractivity contribution >= 4 is 28.9 Å². The van der Waals surface area contributed by atoms with Gasteiger partial charge in [-0.2, -0.15) is 0 Å². The zero-order chi connectivity index (χ0) is 19.2. The van der Waals surface area contributed by atoms with Gasteiger partial charge in [0.15, 0.2) is 11.5 Å². The van der Waals surface area contributed by atoms with E-state index in [1.54, 1.807) is 7.11 Å². The van der Waals surface area contributed by atoms with E-state index in [2.05, 4.69) is 36.5 Å². The van der Waals surface area contributed by atoms with E-state index in [0.29, 0.717) is 34.7 Å². The molecule has 1 N–H and O–H groups in total. The van der Waals surface area contributed by atoms with Crippen molar-refractivity contribution in [3.8, 4) is 11.5 Å². The first-order valence-electron chi connectivity index (χ1n) is 8.59. The predicted molar refractivity (Wildman–Crippen MR) is 112 cm³/mol. The van der Waals surface area contributed by atoms with E-state index in [0.717, 1.165) is 16.8 Å². The number of hydrogen-bond donors (Lipinski definition) is 1. The summed E-state index contributed by atoms with van der Waals surface area (Å²) in [5.41, 5.74) is 4.30. The Bertz CT molecular complexity index is 893. The van der Waals surface area contributed by atoms with Gasteiger partial charge >= 0.3 is 0 Å². The monoisotopic (exact) mass is 401 g/mol. The molecule has 0 heterocycles. The maximum Gasteiger partial charge on any atom is 0.180 e. The molecule has 3 rings (SSSR count). The molecule has 0 amide bonds. The maximum atomic E-state index is 6.45. The van der Waals surface area contributed by atoms with Crippen LogP contribution in [0.3, 0.4) is 0 Å². The molecule has 0 unspecified atom stereocenters. The highest BCUT2D eigenvalue weighted by atomic mass is 35.5. The van der Waals surface area contributed by atoms with Crippen molar-refractivity contribution in [1.82, 2.24) is 0 Å². The van der Waals surface area contributed by atoms with Gasteiger partial charge in [0.25, 0.3) is 0 Å². The van der Waals surface area contributed by atoms with Crippen LogP contribution < -0.4 is 14.8 Å². The molecule has 5 heteroatoms. The Morgan fingerprint density at radius 2 is 1.59 bits per heavy atom. The molecule has 0 aliphatic rings. The van der Waals surface area contributed by atoms with Gasteiger partial charge in [-0.15, -0.1) is 0 Å². The second-order valence-electron chi connectivity index (χ2n) is 6.24. The molecular weight excluding hydrogens is 381 g/mol. The zero-order valence-electron chi connectivity index (χ0n) is 15.3. The van der Waals surface area contributed by atoms with E-state index < -0.39 is 0 Å². The quantitative estimate of drug-likeness (QED) is 0.489. The van der Waals surface area contributed by atoms with E-state index in [9.17, 15) is 0 Å². The third-order valence-corrected chi connectivity index (χ3v) is 4.67. The topological polar surface area (TPSA) is 30.5 Å². The average molecular weight is 402 g/mol. The van der Waals surface area contributed by atoms with Crippen molar-refractivity contribution < 1.29 is 9.47 Å². The summed E-state index contributed by atoms with van der Waals surface area (Å²) in [6.45, 7) is 3.09. The Morgan fingerprint density at radius 3 is 2.26 bits per heavy atom. The number of ether oxygens (including phenoxy) is 2. The van der Waals surface area contributed by atoms with Crippen LogP contribution in [0.25, 0.3) is 0 Å². The second kappa shape index (κ2) is 9.03. The van der Waals surface area contributed by atoms with Crippen molar-refractivity contribution in [3.05, 3.63) is 87.4 Å². The lowest BCUT2D eigenvalue weighted by atomic mass is 10.1. The van der Waals surface area contributed by atoms with Crippen LogP contribution in [0.4, 0.5) is 5.69 Å². The van der Waals surface area contributed by atoms with Gasteiger partial charge in [0.1, 0.15) is 6.61 Å². The molecule has 3 aromatic carbocycles. The molecule has 0 aliphatic heterocycles. The number of rotatable bonds is 7. The van der Waals surface area contributed by atoms with Crippen molar-refractivity contribution in [2.75, 3.05) is 12.4 Å². The summed E-state index contributed by atoms with van der Waals surface area (Å²) < 4.78 is 11.4. The molecule has 0 radical (unpaired) electrons. The molecule has 140 valence electrons. The summed E-state index contributed by atoms with van der Waals surface area (Å²) in [6.07, 6.45) is 0. The normalized spacial score (nSPS) is 10.5. The van der Waals surface area contributed by atoms with Crippen LogP contribution in [0, 0.1) is 6.92 Å². The Hall–Kier alpha value is -2.36. The summed E-state index contributed by atoms with van der Waals surface area (Å²) in [5, 5.41) is 4.59. The van der Waals surface area contributed by atoms with Crippen LogP contribution in [0.2, 0.25) is 10.0 Å². The van der Waals surface area contributed by atoms with Crippen LogP contribution in [0.5, 0.6) is 11.5 Å². The number of anilines is 1. The Kier molecular flexibility index (Phi) is 6.49. The molecule has 0 saturated heterocycles. The number of hydrogen-bond acceptors (Lipinski definition) is 3. The number of halogens is 2. The molecule has 0 bridgehead atoms. The highest BCUT2D eigenvalue weighted by Gasteiger charge is 2.12. The Morgan fingerprint density at radius 1 is 0.889 bits per heavy atom. The summed E-state index contributed by atoms with van der Waals surface area (Å²) in [7, 11) is 1.61. The van der Waals surface area contributed by atoms with Gasteiger partial charge in [-0.25, -0.2) is 0 Å². The van der Waals surface area contributed by atoms with E-state index >= 15 is 0 Å². The highest BCUT2D eigenvalue weighted by molar-refractivity contribution is 6.32. The molecule has 27 heavy (non-hydrogen) atoms. The lowest BCUT2D eigenvalue weighted by Gasteiger charge is -2.15. The number of nitrogens with one attached hydrogen (secondary N) is 1. The second-order valence-corrected chi connectivity index (χ2v) is 7.09. The van der Waals surface area contributed by atoms with Gasteiger partial charge in [0, 0.05) is 17.3 Å². The highest BCUT2D eigenvalue weighted by Crippen LogP contribution is 2.37. The fourth-order valence-corrected chi connectivity index (χ4v) is 3.04.